The zero-order chi connectivity index (χ0) is 13.8. The second kappa shape index (κ2) is 6.16. The third-order valence-electron chi connectivity index (χ3n) is 3.09. The minimum absolute atomic E-state index is 0.252. The molecule has 0 saturated heterocycles. The number of likely N-dealkylation sites (N-methyl/N-ethyl adjacent to an activating group) is 1. The van der Waals surface area contributed by atoms with E-state index in [1.54, 1.807) is 0 Å². The number of nitrogens with one attached hydrogen (secondary N) is 1. The van der Waals surface area contributed by atoms with Gasteiger partial charge in [-0.2, -0.15) is 0 Å². The van der Waals surface area contributed by atoms with E-state index in [4.69, 9.17) is 10.6 Å². The number of nitrogens with two attached hydrogens (primary N) is 1. The van der Waals surface area contributed by atoms with Crippen LogP contribution in [0.15, 0.2) is 6.07 Å². The Morgan fingerprint density at radius 1 is 1.47 bits per heavy atom. The highest BCUT2D eigenvalue weighted by atomic mass is 16.5. The summed E-state index contributed by atoms with van der Waals surface area (Å²) in [5.74, 6) is 8.42. The predicted octanol–water partition coefficient (Wildman–Crippen LogP) is 1.50. The first-order valence-corrected chi connectivity index (χ1v) is 6.78. The lowest BCUT2D eigenvalue weighted by molar-refractivity contribution is 0.0845. The fraction of sp³-hybridized carbons (Fsp3) is 0.692. The molecule has 0 spiro atoms. The fourth-order valence-corrected chi connectivity index (χ4v) is 1.79. The van der Waals surface area contributed by atoms with E-state index >= 15 is 0 Å². The van der Waals surface area contributed by atoms with Crippen LogP contribution in [0.5, 0.6) is 0 Å². The molecule has 0 aliphatic heterocycles. The van der Waals surface area contributed by atoms with Crippen LogP contribution < -0.4 is 16.2 Å². The number of nitrogens with zero attached hydrogens (tertiary/aromatic N) is 3. The van der Waals surface area contributed by atoms with Gasteiger partial charge in [-0.3, -0.25) is 0 Å². The summed E-state index contributed by atoms with van der Waals surface area (Å²) in [5, 5.41) is 0. The van der Waals surface area contributed by atoms with E-state index in [2.05, 4.69) is 20.3 Å². The number of hydrogen-bond donors (Lipinski definition) is 2. The van der Waals surface area contributed by atoms with Gasteiger partial charge in [0, 0.05) is 25.6 Å². The van der Waals surface area contributed by atoms with Crippen molar-refractivity contribution in [2.24, 2.45) is 5.84 Å². The molecule has 19 heavy (non-hydrogen) atoms. The van der Waals surface area contributed by atoms with Gasteiger partial charge in [0.15, 0.2) is 0 Å². The van der Waals surface area contributed by atoms with Crippen LogP contribution in [0.3, 0.4) is 0 Å². The summed E-state index contributed by atoms with van der Waals surface area (Å²) < 4.78 is 5.56. The maximum Gasteiger partial charge on any atom is 0.145 e. The fourth-order valence-electron chi connectivity index (χ4n) is 1.79. The van der Waals surface area contributed by atoms with Crippen molar-refractivity contribution in [3.63, 3.8) is 0 Å². The maximum atomic E-state index is 5.56. The number of aromatic nitrogens is 2. The van der Waals surface area contributed by atoms with Gasteiger partial charge in [-0.25, -0.2) is 15.8 Å². The number of rotatable bonds is 7. The summed E-state index contributed by atoms with van der Waals surface area (Å²) in [6.07, 6.45) is 2.60. The zero-order valence-electron chi connectivity index (χ0n) is 11.9. The van der Waals surface area contributed by atoms with Crippen molar-refractivity contribution >= 4 is 11.6 Å². The van der Waals surface area contributed by atoms with Crippen LogP contribution >= 0.6 is 0 Å². The molecule has 0 unspecified atom stereocenters. The Balaban J connectivity index is 2.02. The van der Waals surface area contributed by atoms with Crippen LogP contribution in [0.4, 0.5) is 11.6 Å². The van der Waals surface area contributed by atoms with Gasteiger partial charge in [0.05, 0.1) is 12.7 Å². The first-order valence-electron chi connectivity index (χ1n) is 6.78. The third-order valence-corrected chi connectivity index (χ3v) is 3.09. The molecule has 0 aromatic carbocycles. The van der Waals surface area contributed by atoms with Gasteiger partial charge in [-0.05, 0) is 26.7 Å². The summed E-state index contributed by atoms with van der Waals surface area (Å²) in [5.41, 5.74) is 2.61. The summed E-state index contributed by atoms with van der Waals surface area (Å²) >= 11 is 0. The van der Waals surface area contributed by atoms with Crippen LogP contribution in [0, 0.1) is 0 Å². The van der Waals surface area contributed by atoms with E-state index in [0.29, 0.717) is 18.3 Å². The van der Waals surface area contributed by atoms with E-state index in [9.17, 15) is 0 Å². The third kappa shape index (κ3) is 4.04. The standard InChI is InChI=1S/C13H23N5O/c1-9(2)19-7-6-18(3)12-8-11(17-14)15-13(16-12)10-4-5-10/h8-10H,4-7,14H2,1-3H3,(H,15,16,17). The number of hydrazine groups is 1. The van der Waals surface area contributed by atoms with Crippen LogP contribution in [0.1, 0.15) is 38.4 Å². The Hall–Kier alpha value is -1.40. The van der Waals surface area contributed by atoms with Gasteiger partial charge < -0.3 is 15.1 Å². The van der Waals surface area contributed by atoms with E-state index in [-0.39, 0.29) is 6.10 Å². The molecule has 2 rings (SSSR count). The van der Waals surface area contributed by atoms with Crippen LogP contribution in [0.25, 0.3) is 0 Å². The summed E-state index contributed by atoms with van der Waals surface area (Å²) in [4.78, 5) is 11.1. The van der Waals surface area contributed by atoms with Crippen molar-refractivity contribution in [1.82, 2.24) is 9.97 Å². The van der Waals surface area contributed by atoms with Gasteiger partial charge in [-0.1, -0.05) is 0 Å². The molecular formula is C13H23N5O. The SMILES string of the molecule is CC(C)OCCN(C)c1cc(NN)nc(C2CC2)n1. The highest BCUT2D eigenvalue weighted by Crippen LogP contribution is 2.39. The molecular weight excluding hydrogens is 242 g/mol. The Labute approximate surface area is 114 Å². The molecule has 1 heterocycles. The zero-order valence-corrected chi connectivity index (χ0v) is 11.9. The van der Waals surface area contributed by atoms with Crippen molar-refractivity contribution < 1.29 is 4.74 Å². The minimum atomic E-state index is 0.252. The van der Waals surface area contributed by atoms with Crippen molar-refractivity contribution in [2.75, 3.05) is 30.5 Å². The largest absolute Gasteiger partial charge is 0.377 e. The van der Waals surface area contributed by atoms with Gasteiger partial charge in [-0.15, -0.1) is 0 Å². The van der Waals surface area contributed by atoms with E-state index in [1.165, 1.54) is 12.8 Å². The number of hydrogen-bond acceptors (Lipinski definition) is 6. The molecule has 3 N–H and O–H groups in total. The Morgan fingerprint density at radius 2 is 2.21 bits per heavy atom. The van der Waals surface area contributed by atoms with Gasteiger partial charge in [0.1, 0.15) is 17.5 Å². The second-order valence-electron chi connectivity index (χ2n) is 5.23. The first kappa shape index (κ1) is 14.0. The molecule has 1 aliphatic carbocycles. The Bertz CT molecular complexity index is 419. The highest BCUT2D eigenvalue weighted by Gasteiger charge is 2.27. The molecule has 0 atom stereocenters. The highest BCUT2D eigenvalue weighted by molar-refractivity contribution is 5.49. The van der Waals surface area contributed by atoms with Crippen molar-refractivity contribution in [3.05, 3.63) is 11.9 Å². The van der Waals surface area contributed by atoms with E-state index in [0.717, 1.165) is 18.2 Å². The normalized spacial score (nSPS) is 14.8. The van der Waals surface area contributed by atoms with Gasteiger partial charge >= 0.3 is 0 Å². The number of nitrogen functional groups attached to an aromatic ring is 1. The first-order chi connectivity index (χ1) is 9.10. The molecule has 0 radical (unpaired) electrons. The van der Waals surface area contributed by atoms with Crippen molar-refractivity contribution in [1.29, 1.82) is 0 Å². The molecule has 1 aromatic heterocycles. The van der Waals surface area contributed by atoms with E-state index < -0.39 is 0 Å². The average Bonchev–Trinajstić information content (AvgIpc) is 3.21. The molecule has 0 bridgehead atoms. The molecule has 0 amide bonds. The summed E-state index contributed by atoms with van der Waals surface area (Å²) in [6, 6.07) is 1.86. The minimum Gasteiger partial charge on any atom is -0.377 e. The van der Waals surface area contributed by atoms with Crippen molar-refractivity contribution in [3.8, 4) is 0 Å². The predicted molar refractivity (Wildman–Crippen MR) is 76.2 cm³/mol. The average molecular weight is 265 g/mol. The molecule has 1 aromatic rings. The molecule has 1 saturated carbocycles. The van der Waals surface area contributed by atoms with Crippen LogP contribution in [-0.4, -0.2) is 36.3 Å². The molecule has 1 aliphatic rings. The molecule has 1 fully saturated rings. The molecule has 106 valence electrons. The second-order valence-corrected chi connectivity index (χ2v) is 5.23. The van der Waals surface area contributed by atoms with Crippen LogP contribution in [0.2, 0.25) is 0 Å². The van der Waals surface area contributed by atoms with Crippen molar-refractivity contribution in [2.45, 2.75) is 38.7 Å². The summed E-state index contributed by atoms with van der Waals surface area (Å²) in [7, 11) is 2.00. The smallest absolute Gasteiger partial charge is 0.145 e. The lowest BCUT2D eigenvalue weighted by Crippen LogP contribution is -2.25. The molecule has 6 nitrogen and oxygen atoms in total. The molecule has 6 heteroatoms. The number of ether oxygens (including phenoxy) is 1. The number of anilines is 2. The topological polar surface area (TPSA) is 76.3 Å². The van der Waals surface area contributed by atoms with Gasteiger partial charge in [0.2, 0.25) is 0 Å². The summed E-state index contributed by atoms with van der Waals surface area (Å²) in [6.45, 7) is 5.55. The lowest BCUT2D eigenvalue weighted by atomic mass is 10.3. The monoisotopic (exact) mass is 265 g/mol. The maximum absolute atomic E-state index is 5.56. The lowest BCUT2D eigenvalue weighted by Gasteiger charge is -2.20. The quantitative estimate of drug-likeness (QED) is 0.575. The van der Waals surface area contributed by atoms with Crippen LogP contribution in [-0.2, 0) is 4.74 Å². The van der Waals surface area contributed by atoms with E-state index in [1.807, 2.05) is 27.0 Å². The Kier molecular flexibility index (Phi) is 4.55. The van der Waals surface area contributed by atoms with Gasteiger partial charge in [0.25, 0.3) is 0 Å². The Morgan fingerprint density at radius 3 is 2.79 bits per heavy atom.